The third kappa shape index (κ3) is 3.89. The average molecular weight is 311 g/mol. The lowest BCUT2D eigenvalue weighted by atomic mass is 9.96. The molecule has 4 nitrogen and oxygen atoms in total. The number of halogens is 1. The van der Waals surface area contributed by atoms with Crippen LogP contribution in [0.2, 0.25) is 0 Å². The molecule has 1 amide bonds. The Hall–Kier alpha value is -1.26. The van der Waals surface area contributed by atoms with Crippen molar-refractivity contribution in [3.05, 3.63) is 29.8 Å². The summed E-state index contributed by atoms with van der Waals surface area (Å²) in [5.41, 5.74) is 1.11. The molecule has 2 aliphatic rings. The van der Waals surface area contributed by atoms with Gasteiger partial charge in [-0.1, -0.05) is 18.2 Å². The number of ether oxygens (including phenoxy) is 1. The van der Waals surface area contributed by atoms with Gasteiger partial charge in [-0.25, -0.2) is 0 Å². The average Bonchev–Trinajstić information content (AvgIpc) is 2.71. The van der Waals surface area contributed by atoms with Gasteiger partial charge in [-0.15, -0.1) is 12.4 Å². The van der Waals surface area contributed by atoms with Gasteiger partial charge in [0.1, 0.15) is 5.75 Å². The van der Waals surface area contributed by atoms with Crippen LogP contribution in [0.4, 0.5) is 0 Å². The molecular weight excluding hydrogens is 288 g/mol. The van der Waals surface area contributed by atoms with E-state index in [1.807, 2.05) is 18.2 Å². The molecule has 2 aliphatic heterocycles. The second-order valence-electron chi connectivity index (χ2n) is 5.63. The molecule has 0 aliphatic carbocycles. The highest BCUT2D eigenvalue weighted by molar-refractivity contribution is 5.85. The molecule has 5 heteroatoms. The number of hydrogen-bond acceptors (Lipinski definition) is 3. The van der Waals surface area contributed by atoms with Crippen molar-refractivity contribution in [3.63, 3.8) is 0 Å². The molecule has 0 aromatic heterocycles. The second kappa shape index (κ2) is 7.66. The summed E-state index contributed by atoms with van der Waals surface area (Å²) >= 11 is 0. The molecule has 2 N–H and O–H groups in total. The Balaban J connectivity index is 0.00000161. The molecule has 0 spiro atoms. The summed E-state index contributed by atoms with van der Waals surface area (Å²) in [6.45, 7) is 2.56. The molecule has 1 aromatic rings. The van der Waals surface area contributed by atoms with Gasteiger partial charge in [0.15, 0.2) is 0 Å². The van der Waals surface area contributed by atoms with Gasteiger partial charge in [0.2, 0.25) is 5.91 Å². The van der Waals surface area contributed by atoms with Crippen LogP contribution in [-0.2, 0) is 4.79 Å². The minimum absolute atomic E-state index is 0. The SMILES string of the molecule is Cl.O=C(NC1CCCOc2ccccc21)C1CCCNC1. The summed E-state index contributed by atoms with van der Waals surface area (Å²) in [5.74, 6) is 1.20. The highest BCUT2D eigenvalue weighted by Gasteiger charge is 2.26. The standard InChI is InChI=1S/C16H22N2O2.ClH/c19-16(12-5-3-9-17-11-12)18-14-7-4-10-20-15-8-2-1-6-13(14)15;/h1-2,6,8,12,14,17H,3-5,7,9-11H2,(H,18,19);1H. The molecule has 2 heterocycles. The fourth-order valence-electron chi connectivity index (χ4n) is 3.04. The van der Waals surface area contributed by atoms with Crippen LogP contribution in [-0.4, -0.2) is 25.6 Å². The number of nitrogens with one attached hydrogen (secondary N) is 2. The zero-order chi connectivity index (χ0) is 13.8. The maximum Gasteiger partial charge on any atom is 0.224 e. The van der Waals surface area contributed by atoms with Gasteiger partial charge in [-0.2, -0.15) is 0 Å². The minimum atomic E-state index is 0. The number of hydrogen-bond donors (Lipinski definition) is 2. The van der Waals surface area contributed by atoms with Gasteiger partial charge in [0.25, 0.3) is 0 Å². The monoisotopic (exact) mass is 310 g/mol. The van der Waals surface area contributed by atoms with E-state index in [1.165, 1.54) is 0 Å². The largest absolute Gasteiger partial charge is 0.493 e. The molecule has 2 unspecified atom stereocenters. The maximum atomic E-state index is 12.4. The van der Waals surface area contributed by atoms with Crippen LogP contribution in [0.25, 0.3) is 0 Å². The van der Waals surface area contributed by atoms with E-state index in [-0.39, 0.29) is 30.3 Å². The number of amides is 1. The third-order valence-corrected chi connectivity index (χ3v) is 4.17. The highest BCUT2D eigenvalue weighted by Crippen LogP contribution is 2.31. The van der Waals surface area contributed by atoms with E-state index in [9.17, 15) is 4.79 Å². The zero-order valence-corrected chi connectivity index (χ0v) is 13.0. The molecule has 1 fully saturated rings. The summed E-state index contributed by atoms with van der Waals surface area (Å²) < 4.78 is 5.74. The summed E-state index contributed by atoms with van der Waals surface area (Å²) in [6, 6.07) is 8.12. The Bertz CT molecular complexity index is 475. The number of fused-ring (bicyclic) bond motifs is 1. The number of carbonyl (C=O) groups excluding carboxylic acids is 1. The Morgan fingerprint density at radius 2 is 2.10 bits per heavy atom. The molecule has 0 radical (unpaired) electrons. The van der Waals surface area contributed by atoms with Crippen molar-refractivity contribution in [1.82, 2.24) is 10.6 Å². The predicted molar refractivity (Wildman–Crippen MR) is 84.9 cm³/mol. The summed E-state index contributed by atoms with van der Waals surface area (Å²) in [5, 5.41) is 6.52. The van der Waals surface area contributed by atoms with Crippen molar-refractivity contribution < 1.29 is 9.53 Å². The van der Waals surface area contributed by atoms with Crippen LogP contribution in [0.3, 0.4) is 0 Å². The topological polar surface area (TPSA) is 50.4 Å². The lowest BCUT2D eigenvalue weighted by Crippen LogP contribution is -2.41. The Kier molecular flexibility index (Phi) is 5.88. The predicted octanol–water partition coefficient (Wildman–Crippen LogP) is 2.44. The van der Waals surface area contributed by atoms with E-state index in [0.29, 0.717) is 0 Å². The lowest BCUT2D eigenvalue weighted by molar-refractivity contribution is -0.126. The van der Waals surface area contributed by atoms with Gasteiger partial charge >= 0.3 is 0 Å². The van der Waals surface area contributed by atoms with E-state index >= 15 is 0 Å². The highest BCUT2D eigenvalue weighted by atomic mass is 35.5. The van der Waals surface area contributed by atoms with Crippen LogP contribution in [0.15, 0.2) is 24.3 Å². The second-order valence-corrected chi connectivity index (χ2v) is 5.63. The van der Waals surface area contributed by atoms with Crippen molar-refractivity contribution in [2.45, 2.75) is 31.7 Å². The molecule has 116 valence electrons. The number of benzene rings is 1. The smallest absolute Gasteiger partial charge is 0.224 e. The van der Waals surface area contributed by atoms with Crippen LogP contribution in [0, 0.1) is 5.92 Å². The van der Waals surface area contributed by atoms with E-state index < -0.39 is 0 Å². The van der Waals surface area contributed by atoms with Crippen LogP contribution < -0.4 is 15.4 Å². The van der Waals surface area contributed by atoms with E-state index in [0.717, 1.165) is 56.7 Å². The quantitative estimate of drug-likeness (QED) is 0.882. The van der Waals surface area contributed by atoms with Gasteiger partial charge < -0.3 is 15.4 Å². The Labute approximate surface area is 132 Å². The summed E-state index contributed by atoms with van der Waals surface area (Å²) in [4.78, 5) is 12.4. The number of rotatable bonds is 2. The van der Waals surface area contributed by atoms with E-state index in [2.05, 4.69) is 16.7 Å². The molecule has 3 rings (SSSR count). The molecular formula is C16H23ClN2O2. The first-order valence-electron chi connectivity index (χ1n) is 7.57. The van der Waals surface area contributed by atoms with Crippen LogP contribution in [0.5, 0.6) is 5.75 Å². The van der Waals surface area contributed by atoms with Gasteiger partial charge in [0.05, 0.1) is 18.6 Å². The normalized spacial score (nSPS) is 24.8. The van der Waals surface area contributed by atoms with Gasteiger partial charge in [-0.05, 0) is 38.3 Å². The summed E-state index contributed by atoms with van der Waals surface area (Å²) in [7, 11) is 0. The molecule has 2 atom stereocenters. The maximum absolute atomic E-state index is 12.4. The third-order valence-electron chi connectivity index (χ3n) is 4.17. The van der Waals surface area contributed by atoms with Crippen molar-refractivity contribution >= 4 is 18.3 Å². The fraction of sp³-hybridized carbons (Fsp3) is 0.562. The van der Waals surface area contributed by atoms with Crippen molar-refractivity contribution in [1.29, 1.82) is 0 Å². The zero-order valence-electron chi connectivity index (χ0n) is 12.1. The van der Waals surface area contributed by atoms with Crippen molar-refractivity contribution in [3.8, 4) is 5.75 Å². The van der Waals surface area contributed by atoms with E-state index in [1.54, 1.807) is 0 Å². The molecule has 0 bridgehead atoms. The first kappa shape index (κ1) is 16.1. The Morgan fingerprint density at radius 1 is 1.24 bits per heavy atom. The molecule has 0 saturated carbocycles. The first-order chi connectivity index (χ1) is 9.84. The number of piperidine rings is 1. The first-order valence-corrected chi connectivity index (χ1v) is 7.57. The van der Waals surface area contributed by atoms with Crippen LogP contribution in [0.1, 0.15) is 37.3 Å². The summed E-state index contributed by atoms with van der Waals surface area (Å²) in [6.07, 6.45) is 4.00. The molecule has 1 saturated heterocycles. The van der Waals surface area contributed by atoms with Crippen molar-refractivity contribution in [2.75, 3.05) is 19.7 Å². The fourth-order valence-corrected chi connectivity index (χ4v) is 3.04. The number of carbonyl (C=O) groups is 1. The van der Waals surface area contributed by atoms with Crippen molar-refractivity contribution in [2.24, 2.45) is 5.92 Å². The van der Waals surface area contributed by atoms with Crippen LogP contribution >= 0.6 is 12.4 Å². The minimum Gasteiger partial charge on any atom is -0.493 e. The van der Waals surface area contributed by atoms with E-state index in [4.69, 9.17) is 4.74 Å². The molecule has 1 aromatic carbocycles. The number of para-hydroxylation sites is 1. The lowest BCUT2D eigenvalue weighted by Gasteiger charge is -2.25. The van der Waals surface area contributed by atoms with Gasteiger partial charge in [0, 0.05) is 12.1 Å². The van der Waals surface area contributed by atoms with Gasteiger partial charge in [-0.3, -0.25) is 4.79 Å². The molecule has 21 heavy (non-hydrogen) atoms. The Morgan fingerprint density at radius 3 is 2.90 bits per heavy atom.